The molecule has 0 aliphatic rings. The van der Waals surface area contributed by atoms with E-state index in [-0.39, 0.29) is 5.92 Å². The number of hydrogen-bond acceptors (Lipinski definition) is 7. The molecule has 3 aromatic rings. The lowest BCUT2D eigenvalue weighted by molar-refractivity contribution is 0.358. The van der Waals surface area contributed by atoms with Crippen LogP contribution >= 0.6 is 0 Å². The quantitative estimate of drug-likeness (QED) is 0.680. The fourth-order valence-corrected chi connectivity index (χ4v) is 2.65. The highest BCUT2D eigenvalue weighted by molar-refractivity contribution is 5.86. The molecule has 0 radical (unpaired) electrons. The Balaban J connectivity index is 1.91. The molecule has 0 saturated carbocycles. The minimum Gasteiger partial charge on any atom is -0.351 e. The minimum atomic E-state index is 0.231. The lowest BCUT2D eigenvalue weighted by Gasteiger charge is -2.18. The van der Waals surface area contributed by atoms with Crippen molar-refractivity contribution in [1.82, 2.24) is 29.9 Å². The number of aryl methyl sites for hydroxylation is 1. The molecule has 134 valence electrons. The first-order valence-corrected chi connectivity index (χ1v) is 8.57. The lowest BCUT2D eigenvalue weighted by atomic mass is 10.1. The Bertz CT molecular complexity index is 865. The zero-order valence-electron chi connectivity index (χ0n) is 15.7. The van der Waals surface area contributed by atoms with Crippen LogP contribution in [0.1, 0.15) is 51.2 Å². The molecule has 0 aromatic carbocycles. The van der Waals surface area contributed by atoms with E-state index in [1.807, 2.05) is 19.0 Å². The second-order valence-electron chi connectivity index (χ2n) is 7.12. The maximum Gasteiger partial charge on any atom is 0.226 e. The maximum atomic E-state index is 5.33. The Labute approximate surface area is 147 Å². The van der Waals surface area contributed by atoms with Crippen LogP contribution in [0.3, 0.4) is 0 Å². The Morgan fingerprint density at radius 3 is 2.60 bits per heavy atom. The van der Waals surface area contributed by atoms with E-state index in [2.05, 4.69) is 47.9 Å². The highest BCUT2D eigenvalue weighted by Crippen LogP contribution is 2.25. The average molecular weight is 343 g/mol. The Morgan fingerprint density at radius 1 is 1.16 bits per heavy atom. The summed E-state index contributed by atoms with van der Waals surface area (Å²) in [5.74, 6) is 3.67. The standard InChI is InChI=1S/C17H25N7O/c1-10(2)7-14-19-13(22-25-14)9-23(5)16-12-8-18-24(6)17(12)21-15(20-16)11(3)4/h8,10-11H,7,9H2,1-6H3. The molecule has 0 aliphatic carbocycles. The van der Waals surface area contributed by atoms with Gasteiger partial charge in [0.2, 0.25) is 5.89 Å². The van der Waals surface area contributed by atoms with Gasteiger partial charge < -0.3 is 9.42 Å². The number of rotatable bonds is 6. The SMILES string of the molecule is CC(C)Cc1nc(CN(C)c2nc(C(C)C)nc3c2cnn3C)no1. The van der Waals surface area contributed by atoms with Crippen LogP contribution in [-0.2, 0) is 20.0 Å². The molecule has 0 spiro atoms. The van der Waals surface area contributed by atoms with Gasteiger partial charge >= 0.3 is 0 Å². The number of fused-ring (bicyclic) bond motifs is 1. The van der Waals surface area contributed by atoms with Crippen molar-refractivity contribution in [3.63, 3.8) is 0 Å². The summed E-state index contributed by atoms with van der Waals surface area (Å²) in [6.45, 7) is 8.93. The van der Waals surface area contributed by atoms with Gasteiger partial charge in [0.15, 0.2) is 11.5 Å². The predicted octanol–water partition coefficient (Wildman–Crippen LogP) is 2.70. The van der Waals surface area contributed by atoms with Crippen LogP contribution in [0.2, 0.25) is 0 Å². The van der Waals surface area contributed by atoms with E-state index in [9.17, 15) is 0 Å². The molecule has 3 aromatic heterocycles. The maximum absolute atomic E-state index is 5.33. The molecule has 8 nitrogen and oxygen atoms in total. The predicted molar refractivity (Wildman–Crippen MR) is 95.3 cm³/mol. The Kier molecular flexibility index (Phi) is 4.69. The van der Waals surface area contributed by atoms with E-state index in [1.54, 1.807) is 10.9 Å². The minimum absolute atomic E-state index is 0.231. The van der Waals surface area contributed by atoms with Gasteiger partial charge in [0.05, 0.1) is 18.1 Å². The summed E-state index contributed by atoms with van der Waals surface area (Å²) >= 11 is 0. The topological polar surface area (TPSA) is 85.8 Å². The monoisotopic (exact) mass is 343 g/mol. The van der Waals surface area contributed by atoms with Crippen LogP contribution in [0.15, 0.2) is 10.7 Å². The van der Waals surface area contributed by atoms with Crippen molar-refractivity contribution in [3.05, 3.63) is 23.7 Å². The van der Waals surface area contributed by atoms with Crippen LogP contribution in [0.5, 0.6) is 0 Å². The van der Waals surface area contributed by atoms with Gasteiger partial charge in [-0.05, 0) is 5.92 Å². The third-order valence-corrected chi connectivity index (χ3v) is 3.94. The molecular formula is C17H25N7O. The van der Waals surface area contributed by atoms with Crippen molar-refractivity contribution in [3.8, 4) is 0 Å². The Hall–Kier alpha value is -2.51. The van der Waals surface area contributed by atoms with Gasteiger partial charge in [0, 0.05) is 26.4 Å². The summed E-state index contributed by atoms with van der Waals surface area (Å²) in [5, 5.41) is 9.32. The van der Waals surface area contributed by atoms with Crippen molar-refractivity contribution in [2.75, 3.05) is 11.9 Å². The molecule has 0 bridgehead atoms. The first-order chi connectivity index (χ1) is 11.8. The van der Waals surface area contributed by atoms with Crippen molar-refractivity contribution < 1.29 is 4.52 Å². The summed E-state index contributed by atoms with van der Waals surface area (Å²) in [7, 11) is 3.86. The average Bonchev–Trinajstić information content (AvgIpc) is 3.13. The highest BCUT2D eigenvalue weighted by Gasteiger charge is 2.18. The molecule has 0 N–H and O–H groups in total. The summed E-state index contributed by atoms with van der Waals surface area (Å²) in [4.78, 5) is 15.9. The van der Waals surface area contributed by atoms with E-state index >= 15 is 0 Å². The summed E-state index contributed by atoms with van der Waals surface area (Å²) < 4.78 is 7.10. The molecule has 3 heterocycles. The summed E-state index contributed by atoms with van der Waals surface area (Å²) in [5.41, 5.74) is 0.828. The number of hydrogen-bond donors (Lipinski definition) is 0. The van der Waals surface area contributed by atoms with E-state index in [1.165, 1.54) is 0 Å². The van der Waals surface area contributed by atoms with Crippen molar-refractivity contribution in [1.29, 1.82) is 0 Å². The second-order valence-corrected chi connectivity index (χ2v) is 7.12. The molecule has 3 rings (SSSR count). The molecule has 0 atom stereocenters. The zero-order valence-corrected chi connectivity index (χ0v) is 15.7. The van der Waals surface area contributed by atoms with Gasteiger partial charge in [0.25, 0.3) is 0 Å². The molecule has 0 amide bonds. The largest absolute Gasteiger partial charge is 0.351 e. The highest BCUT2D eigenvalue weighted by atomic mass is 16.5. The second kappa shape index (κ2) is 6.78. The van der Waals surface area contributed by atoms with Gasteiger partial charge in [-0.2, -0.15) is 10.1 Å². The summed E-state index contributed by atoms with van der Waals surface area (Å²) in [6.07, 6.45) is 2.58. The van der Waals surface area contributed by atoms with Gasteiger partial charge in [-0.1, -0.05) is 32.9 Å². The normalized spacial score (nSPS) is 11.8. The lowest BCUT2D eigenvalue weighted by Crippen LogP contribution is -2.20. The van der Waals surface area contributed by atoms with Crippen LogP contribution < -0.4 is 4.90 Å². The van der Waals surface area contributed by atoms with E-state index < -0.39 is 0 Å². The molecule has 8 heteroatoms. The van der Waals surface area contributed by atoms with Gasteiger partial charge in [-0.15, -0.1) is 0 Å². The Morgan fingerprint density at radius 2 is 1.92 bits per heavy atom. The molecule has 25 heavy (non-hydrogen) atoms. The molecule has 0 saturated heterocycles. The third-order valence-electron chi connectivity index (χ3n) is 3.94. The van der Waals surface area contributed by atoms with E-state index in [0.29, 0.717) is 24.2 Å². The van der Waals surface area contributed by atoms with Gasteiger partial charge in [0.1, 0.15) is 11.6 Å². The number of anilines is 1. The van der Waals surface area contributed by atoms with Crippen molar-refractivity contribution >= 4 is 16.9 Å². The fraction of sp³-hybridized carbons (Fsp3) is 0.588. The van der Waals surface area contributed by atoms with Crippen molar-refractivity contribution in [2.45, 2.75) is 46.6 Å². The zero-order chi connectivity index (χ0) is 18.1. The van der Waals surface area contributed by atoms with Crippen LogP contribution in [0.25, 0.3) is 11.0 Å². The first-order valence-electron chi connectivity index (χ1n) is 8.57. The van der Waals surface area contributed by atoms with Crippen LogP contribution in [-0.4, -0.2) is 36.9 Å². The van der Waals surface area contributed by atoms with Crippen LogP contribution in [0, 0.1) is 5.92 Å². The first kappa shape index (κ1) is 17.3. The van der Waals surface area contributed by atoms with Gasteiger partial charge in [-0.25, -0.2) is 9.97 Å². The molecular weight excluding hydrogens is 318 g/mol. The third kappa shape index (κ3) is 3.62. The van der Waals surface area contributed by atoms with Gasteiger partial charge in [-0.3, -0.25) is 4.68 Å². The molecule has 0 aliphatic heterocycles. The number of aromatic nitrogens is 6. The van der Waals surface area contributed by atoms with E-state index in [4.69, 9.17) is 9.51 Å². The molecule has 0 unspecified atom stereocenters. The van der Waals surface area contributed by atoms with Crippen LogP contribution in [0.4, 0.5) is 5.82 Å². The van der Waals surface area contributed by atoms with Crippen molar-refractivity contribution in [2.24, 2.45) is 13.0 Å². The number of nitrogens with zero attached hydrogens (tertiary/aromatic N) is 7. The molecule has 0 fully saturated rings. The summed E-state index contributed by atoms with van der Waals surface area (Å²) in [6, 6.07) is 0. The fourth-order valence-electron chi connectivity index (χ4n) is 2.65. The smallest absolute Gasteiger partial charge is 0.226 e. The van der Waals surface area contributed by atoms with E-state index in [0.717, 1.165) is 29.1 Å².